The second-order valence-corrected chi connectivity index (χ2v) is 5.57. The van der Waals surface area contributed by atoms with Crippen LogP contribution in [0, 0.1) is 6.92 Å². The number of thioether (sulfide) groups is 1. The van der Waals surface area contributed by atoms with E-state index in [0.29, 0.717) is 0 Å². The van der Waals surface area contributed by atoms with E-state index in [2.05, 4.69) is 22.1 Å². The molecule has 0 amide bonds. The third-order valence-corrected chi connectivity index (χ3v) is 4.15. The summed E-state index contributed by atoms with van der Waals surface area (Å²) in [4.78, 5) is 15.8. The molecule has 4 nitrogen and oxygen atoms in total. The Balaban J connectivity index is 1.91. The predicted molar refractivity (Wildman–Crippen MR) is 81.7 cm³/mol. The van der Waals surface area contributed by atoms with Crippen LogP contribution in [0.4, 0.5) is 5.82 Å². The highest BCUT2D eigenvalue weighted by Gasteiger charge is 2.31. The average molecular weight is 280 g/mol. The number of anilines is 1. The summed E-state index contributed by atoms with van der Waals surface area (Å²) in [5.74, 6) is 1.72. The first-order chi connectivity index (χ1) is 9.83. The topological polar surface area (TPSA) is 41.4 Å². The molecule has 20 heavy (non-hydrogen) atoms. The molecule has 1 unspecified atom stereocenters. The van der Waals surface area contributed by atoms with E-state index in [1.807, 2.05) is 47.8 Å². The van der Waals surface area contributed by atoms with Crippen molar-refractivity contribution in [3.05, 3.63) is 65.1 Å². The fraction of sp³-hybridized carbons (Fsp3) is 0.133. The molecule has 0 fully saturated rings. The molecule has 1 aromatic carbocycles. The molecule has 0 saturated heterocycles. The fourth-order valence-electron chi connectivity index (χ4n) is 2.45. The maximum atomic E-state index is 4.85. The lowest BCUT2D eigenvalue weighted by Crippen LogP contribution is -2.27. The highest BCUT2D eigenvalue weighted by molar-refractivity contribution is 8.17. The number of hydrogen-bond acceptors (Lipinski definition) is 5. The third kappa shape index (κ3) is 1.74. The van der Waals surface area contributed by atoms with Crippen molar-refractivity contribution < 1.29 is 0 Å². The molecular formula is C15H12N4S. The van der Waals surface area contributed by atoms with Crippen molar-refractivity contribution in [1.29, 1.82) is 0 Å². The van der Waals surface area contributed by atoms with Gasteiger partial charge in [0.1, 0.15) is 17.7 Å². The Bertz CT molecular complexity index is 724. The average Bonchev–Trinajstić information content (AvgIpc) is 2.96. The third-order valence-electron chi connectivity index (χ3n) is 3.38. The Morgan fingerprint density at radius 3 is 2.90 bits per heavy atom. The van der Waals surface area contributed by atoms with Gasteiger partial charge >= 0.3 is 0 Å². The first kappa shape index (κ1) is 11.7. The summed E-state index contributed by atoms with van der Waals surface area (Å²) in [7, 11) is 0. The van der Waals surface area contributed by atoms with Gasteiger partial charge in [-0.15, -0.1) is 0 Å². The molecule has 0 radical (unpaired) electrons. The van der Waals surface area contributed by atoms with Gasteiger partial charge in [0.15, 0.2) is 5.17 Å². The van der Waals surface area contributed by atoms with Crippen LogP contribution in [-0.4, -0.2) is 15.1 Å². The summed E-state index contributed by atoms with van der Waals surface area (Å²) in [5.41, 5.74) is 2.22. The van der Waals surface area contributed by atoms with Crippen LogP contribution in [0.15, 0.2) is 53.1 Å². The molecule has 1 aromatic heterocycles. The smallest absolute Gasteiger partial charge is 0.174 e. The summed E-state index contributed by atoms with van der Waals surface area (Å²) in [6.45, 7) is 1.91. The molecule has 0 N–H and O–H groups in total. The van der Waals surface area contributed by atoms with Crippen LogP contribution in [-0.2, 0) is 0 Å². The van der Waals surface area contributed by atoms with Crippen molar-refractivity contribution in [1.82, 2.24) is 9.97 Å². The molecule has 2 aliphatic heterocycles. The normalized spacial score (nSPS) is 19.6. The van der Waals surface area contributed by atoms with Gasteiger partial charge in [-0.25, -0.2) is 15.0 Å². The SMILES string of the molecule is Cc1ncc2c(n1)N1C=CSC1=NC2c1ccccc1. The van der Waals surface area contributed by atoms with E-state index < -0.39 is 0 Å². The van der Waals surface area contributed by atoms with Crippen molar-refractivity contribution in [2.75, 3.05) is 4.90 Å². The van der Waals surface area contributed by atoms with E-state index in [0.717, 1.165) is 22.4 Å². The number of hydrogen-bond donors (Lipinski definition) is 0. The van der Waals surface area contributed by atoms with Crippen LogP contribution in [0.5, 0.6) is 0 Å². The summed E-state index contributed by atoms with van der Waals surface area (Å²) in [6.07, 6.45) is 3.91. The number of amidine groups is 1. The van der Waals surface area contributed by atoms with Gasteiger partial charge in [-0.05, 0) is 17.9 Å². The molecule has 1 atom stereocenters. The lowest BCUT2D eigenvalue weighted by atomic mass is 10.00. The van der Waals surface area contributed by atoms with Crippen molar-refractivity contribution in [2.24, 2.45) is 4.99 Å². The molecule has 0 bridgehead atoms. The number of aromatic nitrogens is 2. The first-order valence-electron chi connectivity index (χ1n) is 6.42. The highest BCUT2D eigenvalue weighted by atomic mass is 32.2. The van der Waals surface area contributed by atoms with Gasteiger partial charge in [0, 0.05) is 18.0 Å². The van der Waals surface area contributed by atoms with Gasteiger partial charge in [0.2, 0.25) is 0 Å². The highest BCUT2D eigenvalue weighted by Crippen LogP contribution is 2.40. The minimum atomic E-state index is -0.0227. The predicted octanol–water partition coefficient (Wildman–Crippen LogP) is 3.27. The van der Waals surface area contributed by atoms with Crippen molar-refractivity contribution in [3.63, 3.8) is 0 Å². The maximum absolute atomic E-state index is 4.85. The number of aryl methyl sites for hydroxylation is 1. The molecule has 0 aliphatic carbocycles. The number of aliphatic imine (C=N–C) groups is 1. The van der Waals surface area contributed by atoms with E-state index in [4.69, 9.17) is 4.99 Å². The molecule has 0 saturated carbocycles. The monoisotopic (exact) mass is 280 g/mol. The molecule has 98 valence electrons. The molecule has 2 aromatic rings. The second kappa shape index (κ2) is 4.45. The van der Waals surface area contributed by atoms with Gasteiger partial charge in [-0.1, -0.05) is 42.1 Å². The van der Waals surface area contributed by atoms with Gasteiger partial charge in [-0.2, -0.15) is 0 Å². The Labute approximate surface area is 121 Å². The quantitative estimate of drug-likeness (QED) is 0.804. The van der Waals surface area contributed by atoms with E-state index in [-0.39, 0.29) is 6.04 Å². The van der Waals surface area contributed by atoms with E-state index >= 15 is 0 Å². The summed E-state index contributed by atoms with van der Waals surface area (Å²) >= 11 is 1.63. The van der Waals surface area contributed by atoms with E-state index in [9.17, 15) is 0 Å². The van der Waals surface area contributed by atoms with Gasteiger partial charge in [0.25, 0.3) is 0 Å². The largest absolute Gasteiger partial charge is 0.279 e. The standard InChI is InChI=1S/C15H12N4S/c1-10-16-9-12-13(11-5-3-2-4-6-11)18-15-19(7-8-20-15)14(12)17-10/h2-9,13H,1H3. The number of benzene rings is 1. The molecular weight excluding hydrogens is 268 g/mol. The van der Waals surface area contributed by atoms with Crippen LogP contribution in [0.2, 0.25) is 0 Å². The molecule has 5 heteroatoms. The van der Waals surface area contributed by atoms with Crippen molar-refractivity contribution >= 4 is 22.7 Å². The zero-order chi connectivity index (χ0) is 13.5. The van der Waals surface area contributed by atoms with Crippen LogP contribution in [0.1, 0.15) is 23.0 Å². The molecule has 3 heterocycles. The number of nitrogens with zero attached hydrogens (tertiary/aromatic N) is 4. The number of rotatable bonds is 1. The van der Waals surface area contributed by atoms with Crippen molar-refractivity contribution in [2.45, 2.75) is 13.0 Å². The second-order valence-electron chi connectivity index (χ2n) is 4.69. The minimum absolute atomic E-state index is 0.0227. The lowest BCUT2D eigenvalue weighted by Gasteiger charge is -2.28. The summed E-state index contributed by atoms with van der Waals surface area (Å²) < 4.78 is 0. The van der Waals surface area contributed by atoms with Crippen molar-refractivity contribution in [3.8, 4) is 0 Å². The minimum Gasteiger partial charge on any atom is -0.279 e. The van der Waals surface area contributed by atoms with Crippen LogP contribution in [0.3, 0.4) is 0 Å². The van der Waals surface area contributed by atoms with Gasteiger partial charge in [-0.3, -0.25) is 4.90 Å². The van der Waals surface area contributed by atoms with Gasteiger partial charge in [0.05, 0.1) is 0 Å². The number of fused-ring (bicyclic) bond motifs is 3. The zero-order valence-corrected chi connectivity index (χ0v) is 11.7. The Morgan fingerprint density at radius 2 is 2.05 bits per heavy atom. The molecule has 2 aliphatic rings. The van der Waals surface area contributed by atoms with E-state index in [1.165, 1.54) is 5.56 Å². The van der Waals surface area contributed by atoms with Gasteiger partial charge < -0.3 is 0 Å². The summed E-state index contributed by atoms with van der Waals surface area (Å²) in [5, 5.41) is 3.01. The van der Waals surface area contributed by atoms with Crippen LogP contribution < -0.4 is 4.90 Å². The summed E-state index contributed by atoms with van der Waals surface area (Å²) in [6, 6.07) is 10.3. The Morgan fingerprint density at radius 1 is 1.20 bits per heavy atom. The Kier molecular flexibility index (Phi) is 2.60. The molecule has 0 spiro atoms. The Hall–Kier alpha value is -2.14. The first-order valence-corrected chi connectivity index (χ1v) is 7.30. The zero-order valence-electron chi connectivity index (χ0n) is 10.9. The van der Waals surface area contributed by atoms with E-state index in [1.54, 1.807) is 11.8 Å². The fourth-order valence-corrected chi connectivity index (χ4v) is 3.18. The lowest BCUT2D eigenvalue weighted by molar-refractivity contribution is 0.824. The van der Waals surface area contributed by atoms with Crippen LogP contribution in [0.25, 0.3) is 0 Å². The van der Waals surface area contributed by atoms with Crippen LogP contribution >= 0.6 is 11.8 Å². The maximum Gasteiger partial charge on any atom is 0.174 e. The molecule has 4 rings (SSSR count).